The molecule has 1 aromatic heterocycles. The van der Waals surface area contributed by atoms with Crippen LogP contribution in [0.2, 0.25) is 0 Å². The number of hydrogen-bond donors (Lipinski definition) is 0. The van der Waals surface area contributed by atoms with Gasteiger partial charge in [0.15, 0.2) is 0 Å². The predicted octanol–water partition coefficient (Wildman–Crippen LogP) is 7.07. The van der Waals surface area contributed by atoms with Crippen molar-refractivity contribution in [2.24, 2.45) is 5.41 Å². The number of nitrogens with zero attached hydrogens (tertiary/aromatic N) is 4. The van der Waals surface area contributed by atoms with Gasteiger partial charge in [-0.1, -0.05) is 64.1 Å². The summed E-state index contributed by atoms with van der Waals surface area (Å²) in [7, 11) is 0. The standard InChI is InChI=1S/C35H48N4O/c1-6-26-11-13-27(14-12-26)35(17-20-37(21-18-35)33(40)34(3,4)5)19-22-38-28-15-16-29(38)24-30(23-28)39-25(2)36-31-9-7-8-10-32(31)39/h7-14,28-30H,6,15-24H2,1-5H3/t28-,29+,30+. The van der Waals surface area contributed by atoms with E-state index in [0.717, 1.165) is 50.2 Å². The number of fused-ring (bicyclic) bond motifs is 3. The summed E-state index contributed by atoms with van der Waals surface area (Å²) in [4.78, 5) is 23.0. The molecule has 5 heteroatoms. The van der Waals surface area contributed by atoms with Crippen molar-refractivity contribution >= 4 is 16.9 Å². The molecule has 3 fully saturated rings. The Bertz CT molecular complexity index is 1330. The summed E-state index contributed by atoms with van der Waals surface area (Å²) in [5.74, 6) is 1.45. The van der Waals surface area contributed by atoms with Crippen LogP contribution in [0.1, 0.15) is 95.6 Å². The number of likely N-dealkylation sites (tertiary alicyclic amines) is 1. The molecule has 0 saturated carbocycles. The molecule has 0 unspecified atom stereocenters. The van der Waals surface area contributed by atoms with Gasteiger partial charge in [-0.05, 0) is 93.5 Å². The van der Waals surface area contributed by atoms with Crippen LogP contribution in [0.25, 0.3) is 11.0 Å². The fourth-order valence-corrected chi connectivity index (χ4v) is 8.18. The van der Waals surface area contributed by atoms with E-state index in [0.29, 0.717) is 24.0 Å². The average molecular weight is 541 g/mol. The Morgan fingerprint density at radius 2 is 1.60 bits per heavy atom. The van der Waals surface area contributed by atoms with Crippen molar-refractivity contribution in [2.45, 2.75) is 110 Å². The highest BCUT2D eigenvalue weighted by Crippen LogP contribution is 2.45. The number of rotatable bonds is 6. The van der Waals surface area contributed by atoms with Crippen LogP contribution in [-0.4, -0.2) is 57.0 Å². The quantitative estimate of drug-likeness (QED) is 0.336. The molecule has 3 atom stereocenters. The van der Waals surface area contributed by atoms with Gasteiger partial charge in [-0.15, -0.1) is 0 Å². The van der Waals surface area contributed by atoms with E-state index in [1.54, 1.807) is 0 Å². The van der Waals surface area contributed by atoms with Crippen LogP contribution in [0.15, 0.2) is 48.5 Å². The van der Waals surface area contributed by atoms with Gasteiger partial charge in [0, 0.05) is 36.6 Å². The van der Waals surface area contributed by atoms with Crippen LogP contribution < -0.4 is 0 Å². The minimum Gasteiger partial charge on any atom is -0.342 e. The number of aromatic nitrogens is 2. The molecule has 2 aromatic carbocycles. The van der Waals surface area contributed by atoms with Crippen molar-refractivity contribution < 1.29 is 4.79 Å². The lowest BCUT2D eigenvalue weighted by molar-refractivity contribution is -0.141. The van der Waals surface area contributed by atoms with E-state index in [-0.39, 0.29) is 10.8 Å². The predicted molar refractivity (Wildman–Crippen MR) is 164 cm³/mol. The molecule has 40 heavy (non-hydrogen) atoms. The Morgan fingerprint density at radius 3 is 2.23 bits per heavy atom. The topological polar surface area (TPSA) is 41.4 Å². The summed E-state index contributed by atoms with van der Waals surface area (Å²) >= 11 is 0. The van der Waals surface area contributed by atoms with Crippen LogP contribution in [0.5, 0.6) is 0 Å². The van der Waals surface area contributed by atoms with Gasteiger partial charge in [0.2, 0.25) is 5.91 Å². The van der Waals surface area contributed by atoms with Crippen LogP contribution >= 0.6 is 0 Å². The Kier molecular flexibility index (Phi) is 7.31. The number of aryl methyl sites for hydroxylation is 2. The Labute approximate surface area is 241 Å². The molecule has 0 N–H and O–H groups in total. The van der Waals surface area contributed by atoms with Crippen molar-refractivity contribution in [3.63, 3.8) is 0 Å². The molecule has 3 aliphatic heterocycles. The minimum absolute atomic E-state index is 0.147. The summed E-state index contributed by atoms with van der Waals surface area (Å²) in [6.07, 6.45) is 9.47. The molecular weight excluding hydrogens is 492 g/mol. The Morgan fingerprint density at radius 1 is 0.950 bits per heavy atom. The average Bonchev–Trinajstić information content (AvgIpc) is 3.41. The van der Waals surface area contributed by atoms with Gasteiger partial charge in [0.05, 0.1) is 11.0 Å². The lowest BCUT2D eigenvalue weighted by atomic mass is 9.69. The van der Waals surface area contributed by atoms with Gasteiger partial charge in [-0.2, -0.15) is 0 Å². The van der Waals surface area contributed by atoms with Gasteiger partial charge >= 0.3 is 0 Å². The van der Waals surface area contributed by atoms with E-state index in [1.807, 2.05) is 20.8 Å². The van der Waals surface area contributed by atoms with Crippen LogP contribution in [-0.2, 0) is 16.6 Å². The first-order valence-electron chi connectivity index (χ1n) is 15.8. The third kappa shape index (κ3) is 5.00. The van der Waals surface area contributed by atoms with E-state index in [9.17, 15) is 4.79 Å². The molecule has 3 aromatic rings. The van der Waals surface area contributed by atoms with Crippen LogP contribution in [0.3, 0.4) is 0 Å². The lowest BCUT2D eigenvalue weighted by Gasteiger charge is -2.46. The van der Waals surface area contributed by atoms with Gasteiger partial charge in [-0.25, -0.2) is 4.98 Å². The van der Waals surface area contributed by atoms with Gasteiger partial charge in [0.1, 0.15) is 5.82 Å². The zero-order valence-electron chi connectivity index (χ0n) is 25.3. The molecule has 0 spiro atoms. The van der Waals surface area contributed by atoms with Gasteiger partial charge in [-0.3, -0.25) is 9.69 Å². The first kappa shape index (κ1) is 27.5. The summed E-state index contributed by atoms with van der Waals surface area (Å²) in [6, 6.07) is 20.0. The number of para-hydroxylation sites is 2. The highest BCUT2D eigenvalue weighted by Gasteiger charge is 2.44. The molecular formula is C35H48N4O. The summed E-state index contributed by atoms with van der Waals surface area (Å²) in [6.45, 7) is 13.5. The van der Waals surface area contributed by atoms with Gasteiger partial charge in [0.25, 0.3) is 0 Å². The zero-order valence-corrected chi connectivity index (χ0v) is 25.3. The van der Waals surface area contributed by atoms with E-state index in [1.165, 1.54) is 48.7 Å². The highest BCUT2D eigenvalue weighted by molar-refractivity contribution is 5.81. The molecule has 1 amide bonds. The second-order valence-corrected chi connectivity index (χ2v) is 13.9. The van der Waals surface area contributed by atoms with Crippen molar-refractivity contribution in [1.82, 2.24) is 19.4 Å². The number of benzene rings is 2. The zero-order chi connectivity index (χ0) is 28.1. The maximum Gasteiger partial charge on any atom is 0.227 e. The number of imidazole rings is 1. The molecule has 2 bridgehead atoms. The van der Waals surface area contributed by atoms with Crippen molar-refractivity contribution in [3.05, 3.63) is 65.5 Å². The second kappa shape index (κ2) is 10.6. The lowest BCUT2D eigenvalue weighted by Crippen LogP contribution is -2.50. The molecule has 0 radical (unpaired) electrons. The third-order valence-corrected chi connectivity index (χ3v) is 10.5. The molecule has 3 saturated heterocycles. The molecule has 4 heterocycles. The molecule has 0 aliphatic carbocycles. The van der Waals surface area contributed by atoms with Crippen molar-refractivity contribution in [1.29, 1.82) is 0 Å². The van der Waals surface area contributed by atoms with Gasteiger partial charge < -0.3 is 9.47 Å². The maximum absolute atomic E-state index is 13.1. The first-order valence-corrected chi connectivity index (χ1v) is 15.8. The number of piperidine rings is 2. The summed E-state index contributed by atoms with van der Waals surface area (Å²) in [5, 5.41) is 0. The molecule has 5 nitrogen and oxygen atoms in total. The van der Waals surface area contributed by atoms with E-state index < -0.39 is 0 Å². The monoisotopic (exact) mass is 540 g/mol. The minimum atomic E-state index is -0.314. The highest BCUT2D eigenvalue weighted by atomic mass is 16.2. The smallest absolute Gasteiger partial charge is 0.227 e. The second-order valence-electron chi connectivity index (χ2n) is 13.9. The summed E-state index contributed by atoms with van der Waals surface area (Å²) < 4.78 is 2.54. The fraction of sp³-hybridized carbons (Fsp3) is 0.600. The van der Waals surface area contributed by atoms with E-state index >= 15 is 0 Å². The first-order chi connectivity index (χ1) is 19.2. The largest absolute Gasteiger partial charge is 0.342 e. The molecule has 6 rings (SSSR count). The van der Waals surface area contributed by atoms with Crippen LogP contribution in [0, 0.1) is 12.3 Å². The fourth-order valence-electron chi connectivity index (χ4n) is 8.18. The van der Waals surface area contributed by atoms with Crippen molar-refractivity contribution in [2.75, 3.05) is 19.6 Å². The van der Waals surface area contributed by atoms with E-state index in [4.69, 9.17) is 4.98 Å². The normalized spacial score (nSPS) is 25.0. The third-order valence-electron chi connectivity index (χ3n) is 10.5. The SMILES string of the molecule is CCc1ccc(C2(CCN3[C@@H]4CC[C@H]3C[C@@H](n3c(C)nc5ccccc53)C4)CCN(C(=O)C(C)(C)C)CC2)cc1. The summed E-state index contributed by atoms with van der Waals surface area (Å²) in [5.41, 5.74) is 5.14. The number of carbonyl (C=O) groups is 1. The Hall–Kier alpha value is -2.66. The van der Waals surface area contributed by atoms with Crippen molar-refractivity contribution in [3.8, 4) is 0 Å². The molecule has 3 aliphatic rings. The number of hydrogen-bond acceptors (Lipinski definition) is 3. The van der Waals surface area contributed by atoms with E-state index in [2.05, 4.69) is 76.7 Å². The number of carbonyl (C=O) groups excluding carboxylic acids is 1. The maximum atomic E-state index is 13.1. The number of amides is 1. The van der Waals surface area contributed by atoms with Crippen LogP contribution in [0.4, 0.5) is 0 Å². The Balaban J connectivity index is 1.19. The molecule has 214 valence electrons.